The molecule has 0 bridgehead atoms. The fraction of sp³-hybridized carbons (Fsp3) is 0.316. The second-order valence-corrected chi connectivity index (χ2v) is 5.40. The lowest BCUT2D eigenvalue weighted by Crippen LogP contribution is -2.09. The van der Waals surface area contributed by atoms with Gasteiger partial charge in [-0.25, -0.2) is 0 Å². The lowest BCUT2D eigenvalue weighted by Gasteiger charge is -2.18. The highest BCUT2D eigenvalue weighted by molar-refractivity contribution is 6.00. The molecule has 134 valence electrons. The summed E-state index contributed by atoms with van der Waals surface area (Å²) in [7, 11) is 2.97. The molecule has 0 fully saturated rings. The second kappa shape index (κ2) is 9.05. The molecule has 0 spiro atoms. The SMILES string of the molecule is COCOc1cc(OCOC)c(C(C)=O)c(O)c1Cc1ccccc1. The Bertz CT molecular complexity index is 712. The van der Waals surface area contributed by atoms with Crippen molar-refractivity contribution in [3.8, 4) is 17.2 Å². The van der Waals surface area contributed by atoms with E-state index < -0.39 is 0 Å². The predicted molar refractivity (Wildman–Crippen MR) is 92.4 cm³/mol. The van der Waals surface area contributed by atoms with E-state index in [1.165, 1.54) is 21.1 Å². The van der Waals surface area contributed by atoms with Crippen LogP contribution in [0.2, 0.25) is 0 Å². The number of ether oxygens (including phenoxy) is 4. The zero-order valence-corrected chi connectivity index (χ0v) is 14.6. The van der Waals surface area contributed by atoms with E-state index in [1.54, 1.807) is 6.07 Å². The molecular weight excluding hydrogens is 324 g/mol. The van der Waals surface area contributed by atoms with Gasteiger partial charge in [0.1, 0.15) is 22.8 Å². The van der Waals surface area contributed by atoms with Crippen molar-refractivity contribution in [1.82, 2.24) is 0 Å². The average Bonchev–Trinajstić information content (AvgIpc) is 2.61. The zero-order valence-electron chi connectivity index (χ0n) is 14.6. The number of carbonyl (C=O) groups is 1. The van der Waals surface area contributed by atoms with Gasteiger partial charge in [-0.05, 0) is 12.5 Å². The molecule has 0 heterocycles. The molecule has 0 aliphatic heterocycles. The summed E-state index contributed by atoms with van der Waals surface area (Å²) in [5, 5.41) is 10.7. The number of methoxy groups -OCH3 is 2. The Balaban J connectivity index is 2.53. The molecular formula is C19H22O6. The van der Waals surface area contributed by atoms with Crippen LogP contribution in [0, 0.1) is 0 Å². The quantitative estimate of drug-likeness (QED) is 0.555. The fourth-order valence-electron chi connectivity index (χ4n) is 2.46. The van der Waals surface area contributed by atoms with Crippen LogP contribution in [0.5, 0.6) is 17.2 Å². The molecule has 0 aromatic heterocycles. The number of ketones is 1. The first kappa shape index (κ1) is 18.8. The Morgan fingerprint density at radius 1 is 1.00 bits per heavy atom. The Morgan fingerprint density at radius 2 is 1.60 bits per heavy atom. The van der Waals surface area contributed by atoms with Gasteiger partial charge < -0.3 is 24.1 Å². The Labute approximate surface area is 146 Å². The third kappa shape index (κ3) is 4.71. The van der Waals surface area contributed by atoms with Gasteiger partial charge in [0.05, 0.1) is 0 Å². The summed E-state index contributed by atoms with van der Waals surface area (Å²) >= 11 is 0. The van der Waals surface area contributed by atoms with Gasteiger partial charge in [-0.15, -0.1) is 0 Å². The number of hydrogen-bond donors (Lipinski definition) is 1. The van der Waals surface area contributed by atoms with Crippen LogP contribution in [0.15, 0.2) is 36.4 Å². The summed E-state index contributed by atoms with van der Waals surface area (Å²) in [6.45, 7) is 1.32. The van der Waals surface area contributed by atoms with E-state index in [0.29, 0.717) is 17.7 Å². The Morgan fingerprint density at radius 3 is 2.16 bits per heavy atom. The number of carbonyl (C=O) groups excluding carboxylic acids is 1. The first-order valence-corrected chi connectivity index (χ1v) is 7.75. The molecule has 0 amide bonds. The molecule has 0 unspecified atom stereocenters. The van der Waals surface area contributed by atoms with Gasteiger partial charge in [0.15, 0.2) is 19.4 Å². The van der Waals surface area contributed by atoms with Gasteiger partial charge in [0.25, 0.3) is 0 Å². The number of phenolic OH excluding ortho intramolecular Hbond substituents is 1. The van der Waals surface area contributed by atoms with Crippen molar-refractivity contribution >= 4 is 5.78 Å². The Kier molecular flexibility index (Phi) is 6.80. The van der Waals surface area contributed by atoms with Crippen molar-refractivity contribution < 1.29 is 28.8 Å². The molecule has 0 radical (unpaired) electrons. The zero-order chi connectivity index (χ0) is 18.2. The first-order chi connectivity index (χ1) is 12.1. The van der Waals surface area contributed by atoms with E-state index in [9.17, 15) is 9.90 Å². The molecule has 25 heavy (non-hydrogen) atoms. The van der Waals surface area contributed by atoms with Gasteiger partial charge in [-0.3, -0.25) is 4.79 Å². The monoisotopic (exact) mass is 346 g/mol. The summed E-state index contributed by atoms with van der Waals surface area (Å²) in [5.74, 6) is 0.126. The minimum Gasteiger partial charge on any atom is -0.507 e. The highest BCUT2D eigenvalue weighted by atomic mass is 16.7. The maximum absolute atomic E-state index is 12.0. The predicted octanol–water partition coefficient (Wildman–Crippen LogP) is 3.15. The van der Waals surface area contributed by atoms with Crippen LogP contribution >= 0.6 is 0 Å². The van der Waals surface area contributed by atoms with Crippen LogP contribution in [0.25, 0.3) is 0 Å². The van der Waals surface area contributed by atoms with Gasteiger partial charge in [-0.1, -0.05) is 30.3 Å². The van der Waals surface area contributed by atoms with E-state index in [2.05, 4.69) is 0 Å². The molecule has 6 heteroatoms. The van der Waals surface area contributed by atoms with E-state index in [0.717, 1.165) is 5.56 Å². The van der Waals surface area contributed by atoms with Gasteiger partial charge >= 0.3 is 0 Å². The highest BCUT2D eigenvalue weighted by Gasteiger charge is 2.23. The maximum atomic E-state index is 12.0. The number of phenols is 1. The summed E-state index contributed by atoms with van der Waals surface area (Å²) < 4.78 is 20.9. The largest absolute Gasteiger partial charge is 0.507 e. The number of aromatic hydroxyl groups is 1. The minimum atomic E-state index is -0.309. The van der Waals surface area contributed by atoms with E-state index in [1.807, 2.05) is 30.3 Å². The molecule has 1 N–H and O–H groups in total. The van der Waals surface area contributed by atoms with E-state index in [-0.39, 0.29) is 36.4 Å². The molecule has 2 rings (SSSR count). The smallest absolute Gasteiger partial charge is 0.188 e. The number of benzene rings is 2. The normalized spacial score (nSPS) is 10.5. The maximum Gasteiger partial charge on any atom is 0.188 e. The summed E-state index contributed by atoms with van der Waals surface area (Å²) in [6.07, 6.45) is 0.399. The van der Waals surface area contributed by atoms with Crippen molar-refractivity contribution in [2.24, 2.45) is 0 Å². The van der Waals surface area contributed by atoms with Crippen LogP contribution < -0.4 is 9.47 Å². The minimum absolute atomic E-state index is 0.00433. The standard InChI is InChI=1S/C19H22O6/c1-13(20)18-17(25-12-23-3)10-16(24-11-22-2)15(19(18)21)9-14-7-5-4-6-8-14/h4-8,10,21H,9,11-12H2,1-3H3. The number of rotatable bonds is 9. The van der Waals surface area contributed by atoms with Crippen LogP contribution in [-0.2, 0) is 15.9 Å². The number of hydrogen-bond acceptors (Lipinski definition) is 6. The molecule has 0 saturated heterocycles. The van der Waals surface area contributed by atoms with Gasteiger partial charge in [-0.2, -0.15) is 0 Å². The average molecular weight is 346 g/mol. The van der Waals surface area contributed by atoms with E-state index >= 15 is 0 Å². The van der Waals surface area contributed by atoms with Crippen molar-refractivity contribution in [3.05, 3.63) is 53.1 Å². The van der Waals surface area contributed by atoms with Crippen molar-refractivity contribution in [2.45, 2.75) is 13.3 Å². The third-order valence-corrected chi connectivity index (χ3v) is 3.57. The van der Waals surface area contributed by atoms with Crippen LogP contribution in [0.3, 0.4) is 0 Å². The lowest BCUT2D eigenvalue weighted by atomic mass is 9.98. The topological polar surface area (TPSA) is 74.2 Å². The summed E-state index contributed by atoms with van der Waals surface area (Å²) in [4.78, 5) is 12.0. The van der Waals surface area contributed by atoms with Crippen molar-refractivity contribution in [3.63, 3.8) is 0 Å². The molecule has 0 aliphatic rings. The molecule has 6 nitrogen and oxygen atoms in total. The molecule has 0 saturated carbocycles. The highest BCUT2D eigenvalue weighted by Crippen LogP contribution is 2.40. The Hall–Kier alpha value is -2.57. The van der Waals surface area contributed by atoms with Gasteiger partial charge in [0, 0.05) is 32.3 Å². The van der Waals surface area contributed by atoms with Crippen molar-refractivity contribution in [2.75, 3.05) is 27.8 Å². The lowest BCUT2D eigenvalue weighted by molar-refractivity contribution is 0.0448. The van der Waals surface area contributed by atoms with Crippen LogP contribution in [-0.4, -0.2) is 38.7 Å². The second-order valence-electron chi connectivity index (χ2n) is 5.40. The molecule has 0 atom stereocenters. The molecule has 2 aromatic carbocycles. The van der Waals surface area contributed by atoms with Crippen LogP contribution in [0.4, 0.5) is 0 Å². The molecule has 2 aromatic rings. The number of Topliss-reactive ketones (excluding diaryl/α,β-unsaturated/α-hetero) is 1. The molecule has 0 aliphatic carbocycles. The van der Waals surface area contributed by atoms with Crippen molar-refractivity contribution in [1.29, 1.82) is 0 Å². The summed E-state index contributed by atoms with van der Waals surface area (Å²) in [6, 6.07) is 11.2. The summed E-state index contributed by atoms with van der Waals surface area (Å²) in [5.41, 5.74) is 1.58. The van der Waals surface area contributed by atoms with Gasteiger partial charge in [0.2, 0.25) is 0 Å². The van der Waals surface area contributed by atoms with Crippen LogP contribution in [0.1, 0.15) is 28.4 Å². The van der Waals surface area contributed by atoms with E-state index in [4.69, 9.17) is 18.9 Å². The first-order valence-electron chi connectivity index (χ1n) is 7.75. The fourth-order valence-corrected chi connectivity index (χ4v) is 2.46. The third-order valence-electron chi connectivity index (χ3n) is 3.57.